The average molecular weight is 501 g/mol. The number of ketones is 1. The highest BCUT2D eigenvalue weighted by atomic mass is 16.6. The van der Waals surface area contributed by atoms with Gasteiger partial charge in [0.1, 0.15) is 6.04 Å². The van der Waals surface area contributed by atoms with E-state index in [2.05, 4.69) is 4.98 Å². The zero-order chi connectivity index (χ0) is 26.6. The molecule has 190 valence electrons. The van der Waals surface area contributed by atoms with Crippen molar-refractivity contribution in [3.8, 4) is 0 Å². The second kappa shape index (κ2) is 10.7. The van der Waals surface area contributed by atoms with Gasteiger partial charge in [0.15, 0.2) is 5.78 Å². The van der Waals surface area contributed by atoms with Crippen LogP contribution in [0.2, 0.25) is 0 Å². The van der Waals surface area contributed by atoms with Gasteiger partial charge < -0.3 is 14.4 Å². The molecule has 0 saturated carbocycles. The van der Waals surface area contributed by atoms with Gasteiger partial charge in [0.2, 0.25) is 5.54 Å². The smallest absolute Gasteiger partial charge is 0.344 e. The number of esters is 2. The Bertz CT molecular complexity index is 1270. The molecule has 0 unspecified atom stereocenters. The molecule has 1 fully saturated rings. The first kappa shape index (κ1) is 25.8. The topological polar surface area (TPSA) is 103 Å². The maximum absolute atomic E-state index is 14.0. The quantitative estimate of drug-likeness (QED) is 0.264. The number of hydrogen-bond acceptors (Lipinski definition) is 7. The van der Waals surface area contributed by atoms with Crippen LogP contribution in [0.1, 0.15) is 51.7 Å². The van der Waals surface area contributed by atoms with E-state index < -0.39 is 41.1 Å². The molecule has 8 heteroatoms. The largest absolute Gasteiger partial charge is 0.464 e. The van der Waals surface area contributed by atoms with Gasteiger partial charge in [0, 0.05) is 23.0 Å². The molecular formula is C29H28N2O6. The van der Waals surface area contributed by atoms with Crippen LogP contribution in [0.3, 0.4) is 0 Å². The number of carbonyl (C=O) groups is 4. The molecule has 1 aromatic heterocycles. The molecule has 2 atom stereocenters. The molecule has 0 spiro atoms. The van der Waals surface area contributed by atoms with Crippen molar-refractivity contribution in [3.05, 3.63) is 101 Å². The normalized spacial score (nSPS) is 17.9. The molecule has 0 radical (unpaired) electrons. The summed E-state index contributed by atoms with van der Waals surface area (Å²) in [4.78, 5) is 60.7. The number of Topliss-reactive ketones (excluding diaryl/α,β-unsaturated/α-hetero) is 1. The Kier molecular flexibility index (Phi) is 7.47. The summed E-state index contributed by atoms with van der Waals surface area (Å²) in [6.07, 6.45) is 1.51. The van der Waals surface area contributed by atoms with Crippen molar-refractivity contribution in [2.75, 3.05) is 13.2 Å². The van der Waals surface area contributed by atoms with Crippen molar-refractivity contribution in [2.24, 2.45) is 0 Å². The lowest BCUT2D eigenvalue weighted by atomic mass is 9.63. The van der Waals surface area contributed by atoms with Crippen LogP contribution >= 0.6 is 0 Å². The Hall–Kier alpha value is -4.33. The summed E-state index contributed by atoms with van der Waals surface area (Å²) >= 11 is 0. The summed E-state index contributed by atoms with van der Waals surface area (Å²) in [5.74, 6) is -4.17. The molecule has 4 rings (SSSR count). The number of nitrogens with zero attached hydrogens (tertiary/aromatic N) is 2. The van der Waals surface area contributed by atoms with Crippen LogP contribution in [0.15, 0.2) is 79.0 Å². The van der Waals surface area contributed by atoms with Crippen molar-refractivity contribution in [3.63, 3.8) is 0 Å². The molecule has 1 saturated heterocycles. The van der Waals surface area contributed by atoms with Crippen LogP contribution in [0.5, 0.6) is 0 Å². The van der Waals surface area contributed by atoms with E-state index in [9.17, 15) is 19.2 Å². The summed E-state index contributed by atoms with van der Waals surface area (Å²) in [5, 5.41) is 0. The van der Waals surface area contributed by atoms with E-state index in [-0.39, 0.29) is 18.8 Å². The molecule has 1 amide bonds. The van der Waals surface area contributed by atoms with Crippen molar-refractivity contribution in [2.45, 2.75) is 38.3 Å². The van der Waals surface area contributed by atoms with Gasteiger partial charge in [-0.3, -0.25) is 14.6 Å². The maximum Gasteiger partial charge on any atom is 0.344 e. The Morgan fingerprint density at radius 2 is 1.41 bits per heavy atom. The number of aryl methyl sites for hydroxylation is 1. The molecule has 1 aliphatic rings. The van der Waals surface area contributed by atoms with Gasteiger partial charge in [0.25, 0.3) is 5.91 Å². The van der Waals surface area contributed by atoms with E-state index in [1.165, 1.54) is 6.20 Å². The summed E-state index contributed by atoms with van der Waals surface area (Å²) in [6.45, 7) is 5.01. The monoisotopic (exact) mass is 500 g/mol. The van der Waals surface area contributed by atoms with Crippen molar-refractivity contribution in [1.82, 2.24) is 9.88 Å². The Balaban J connectivity index is 1.97. The highest BCUT2D eigenvalue weighted by Gasteiger charge is 2.75. The van der Waals surface area contributed by atoms with Gasteiger partial charge in [0.05, 0.1) is 19.1 Å². The predicted octanol–water partition coefficient (Wildman–Crippen LogP) is 3.75. The molecule has 3 aromatic rings. The minimum atomic E-state index is -2.24. The van der Waals surface area contributed by atoms with E-state index in [4.69, 9.17) is 9.47 Å². The van der Waals surface area contributed by atoms with Crippen LogP contribution in [0, 0.1) is 6.92 Å². The van der Waals surface area contributed by atoms with Crippen molar-refractivity contribution in [1.29, 1.82) is 0 Å². The van der Waals surface area contributed by atoms with Gasteiger partial charge in [-0.25, -0.2) is 9.59 Å². The third-order valence-electron chi connectivity index (χ3n) is 6.45. The van der Waals surface area contributed by atoms with Crippen LogP contribution in [-0.2, 0) is 19.1 Å². The number of likely N-dealkylation sites (tertiary alicyclic amines) is 1. The Morgan fingerprint density at radius 1 is 0.811 bits per heavy atom. The fourth-order valence-corrected chi connectivity index (χ4v) is 4.78. The molecule has 8 nitrogen and oxygen atoms in total. The predicted molar refractivity (Wildman–Crippen MR) is 135 cm³/mol. The third-order valence-corrected chi connectivity index (χ3v) is 6.45. The molecule has 1 aliphatic heterocycles. The molecule has 0 N–H and O–H groups in total. The highest BCUT2D eigenvalue weighted by Crippen LogP contribution is 2.52. The lowest BCUT2D eigenvalue weighted by Crippen LogP contribution is -2.82. The maximum atomic E-state index is 14.0. The number of hydrogen-bond donors (Lipinski definition) is 0. The van der Waals surface area contributed by atoms with E-state index in [0.29, 0.717) is 11.3 Å². The number of ether oxygens (including phenoxy) is 2. The van der Waals surface area contributed by atoms with Crippen LogP contribution in [0.4, 0.5) is 0 Å². The van der Waals surface area contributed by atoms with E-state index >= 15 is 0 Å². The second-order valence-electron chi connectivity index (χ2n) is 8.66. The van der Waals surface area contributed by atoms with Crippen LogP contribution < -0.4 is 0 Å². The van der Waals surface area contributed by atoms with Crippen LogP contribution in [0.25, 0.3) is 0 Å². The lowest BCUT2D eigenvalue weighted by Gasteiger charge is -2.58. The van der Waals surface area contributed by atoms with Crippen LogP contribution in [-0.4, -0.2) is 58.3 Å². The summed E-state index contributed by atoms with van der Waals surface area (Å²) < 4.78 is 10.7. The number of amides is 1. The number of aromatic nitrogens is 1. The molecule has 2 heterocycles. The van der Waals surface area contributed by atoms with E-state index in [1.54, 1.807) is 86.6 Å². The van der Waals surface area contributed by atoms with Gasteiger partial charge in [-0.2, -0.15) is 0 Å². The molecule has 2 aromatic carbocycles. The van der Waals surface area contributed by atoms with Gasteiger partial charge >= 0.3 is 11.9 Å². The molecular weight excluding hydrogens is 472 g/mol. The number of carbonyl (C=O) groups excluding carboxylic acids is 4. The zero-order valence-corrected chi connectivity index (χ0v) is 20.9. The zero-order valence-electron chi connectivity index (χ0n) is 20.9. The fourth-order valence-electron chi connectivity index (χ4n) is 4.78. The summed E-state index contributed by atoms with van der Waals surface area (Å²) in [5.41, 5.74) is -0.439. The number of rotatable bonds is 8. The van der Waals surface area contributed by atoms with E-state index in [1.807, 2.05) is 6.92 Å². The minimum absolute atomic E-state index is 0.0428. The summed E-state index contributed by atoms with van der Waals surface area (Å²) in [6, 6.07) is 18.9. The summed E-state index contributed by atoms with van der Waals surface area (Å²) in [7, 11) is 0. The van der Waals surface area contributed by atoms with E-state index in [0.717, 1.165) is 10.5 Å². The molecule has 0 bridgehead atoms. The number of benzene rings is 2. The molecule has 0 aliphatic carbocycles. The second-order valence-corrected chi connectivity index (χ2v) is 8.66. The van der Waals surface area contributed by atoms with Gasteiger partial charge in [-0.15, -0.1) is 0 Å². The standard InChI is InChI=1S/C29H28N2O6/c1-4-36-27(34)29(28(35)37-5-2)23(22-13-9-10-18-30-22)24(25(32)20-16-14-19(3)15-17-20)31(29)26(33)21-11-7-6-8-12-21/h6-18,23-24H,4-5H2,1-3H3/t23-,24+/m1/s1. The molecule has 37 heavy (non-hydrogen) atoms. The van der Waals surface area contributed by atoms with Gasteiger partial charge in [-0.05, 0) is 45.0 Å². The average Bonchev–Trinajstić information content (AvgIpc) is 2.90. The number of pyridine rings is 1. The SMILES string of the molecule is CCOC(=O)C1(C(=O)OCC)[C@H](c2ccccn2)[C@@H](C(=O)c2ccc(C)cc2)N1C(=O)c1ccccc1. The fraction of sp³-hybridized carbons (Fsp3) is 0.276. The first-order valence-electron chi connectivity index (χ1n) is 12.1. The van der Waals surface area contributed by atoms with Crippen molar-refractivity contribution < 1.29 is 28.7 Å². The first-order chi connectivity index (χ1) is 17.9. The lowest BCUT2D eigenvalue weighted by molar-refractivity contribution is -0.189. The van der Waals surface area contributed by atoms with Crippen molar-refractivity contribution >= 4 is 23.6 Å². The highest BCUT2D eigenvalue weighted by molar-refractivity contribution is 6.18. The van der Waals surface area contributed by atoms with Gasteiger partial charge in [-0.1, -0.05) is 54.1 Å². The third kappa shape index (κ3) is 4.39. The minimum Gasteiger partial charge on any atom is -0.464 e. The Morgan fingerprint density at radius 3 is 1.95 bits per heavy atom. The first-order valence-corrected chi connectivity index (χ1v) is 12.1. The Labute approximate surface area is 215 Å².